The Morgan fingerprint density at radius 1 is 1.05 bits per heavy atom. The van der Waals surface area contributed by atoms with Gasteiger partial charge in [0.1, 0.15) is 4.90 Å². The Kier molecular flexibility index (Phi) is 4.23. The van der Waals surface area contributed by atoms with Crippen molar-refractivity contribution in [3.8, 4) is 0 Å². The first-order chi connectivity index (χ1) is 9.86. The highest BCUT2D eigenvalue weighted by molar-refractivity contribution is 7.93. The molecule has 0 unspecified atom stereocenters. The van der Waals surface area contributed by atoms with Crippen LogP contribution in [0, 0.1) is 13.8 Å². The monoisotopic (exact) mass is 304 g/mol. The molecular formula is C16H20N2O2S. The van der Waals surface area contributed by atoms with Crippen LogP contribution in [0.4, 0.5) is 11.4 Å². The van der Waals surface area contributed by atoms with Gasteiger partial charge in [-0.3, -0.25) is 4.31 Å². The van der Waals surface area contributed by atoms with E-state index in [9.17, 15) is 8.42 Å². The third kappa shape index (κ3) is 3.03. The molecule has 2 aromatic rings. The summed E-state index contributed by atoms with van der Waals surface area (Å²) in [7, 11) is -3.66. The van der Waals surface area contributed by atoms with E-state index < -0.39 is 10.0 Å². The fraction of sp³-hybridized carbons (Fsp3) is 0.250. The van der Waals surface area contributed by atoms with Gasteiger partial charge in [-0.25, -0.2) is 8.42 Å². The molecule has 112 valence electrons. The van der Waals surface area contributed by atoms with E-state index >= 15 is 0 Å². The van der Waals surface area contributed by atoms with Crippen molar-refractivity contribution in [3.63, 3.8) is 0 Å². The standard InChI is InChI=1S/C16H20N2O2S/c1-4-18(14-7-5-6-12(2)10-14)21(19,20)16-9-8-13(3)11-15(16)17/h5-11H,4,17H2,1-3H3. The minimum absolute atomic E-state index is 0.149. The molecule has 4 nitrogen and oxygen atoms in total. The van der Waals surface area contributed by atoms with Crippen LogP contribution in [-0.4, -0.2) is 15.0 Å². The molecule has 0 saturated heterocycles. The fourth-order valence-corrected chi connectivity index (χ4v) is 3.86. The number of nitrogens with two attached hydrogens (primary N) is 1. The number of anilines is 2. The van der Waals surface area contributed by atoms with Gasteiger partial charge in [0.25, 0.3) is 10.0 Å². The Bertz CT molecular complexity index is 755. The first kappa shape index (κ1) is 15.4. The van der Waals surface area contributed by atoms with Gasteiger partial charge in [0.05, 0.1) is 11.4 Å². The smallest absolute Gasteiger partial charge is 0.266 e. The summed E-state index contributed by atoms with van der Waals surface area (Å²) in [5, 5.41) is 0. The van der Waals surface area contributed by atoms with E-state index in [2.05, 4.69) is 0 Å². The zero-order valence-corrected chi connectivity index (χ0v) is 13.3. The van der Waals surface area contributed by atoms with Crippen molar-refractivity contribution < 1.29 is 8.42 Å². The second-order valence-electron chi connectivity index (χ2n) is 5.05. The van der Waals surface area contributed by atoms with E-state index in [0.29, 0.717) is 12.2 Å². The molecule has 2 N–H and O–H groups in total. The van der Waals surface area contributed by atoms with Gasteiger partial charge in [-0.2, -0.15) is 0 Å². The summed E-state index contributed by atoms with van der Waals surface area (Å²) in [6, 6.07) is 12.4. The van der Waals surface area contributed by atoms with Gasteiger partial charge in [0.2, 0.25) is 0 Å². The summed E-state index contributed by atoms with van der Waals surface area (Å²) in [6.07, 6.45) is 0. The number of aryl methyl sites for hydroxylation is 2. The first-order valence-electron chi connectivity index (χ1n) is 6.82. The molecule has 5 heteroatoms. The Morgan fingerprint density at radius 3 is 2.29 bits per heavy atom. The summed E-state index contributed by atoms with van der Waals surface area (Å²) in [5.74, 6) is 0. The minimum atomic E-state index is -3.66. The van der Waals surface area contributed by atoms with E-state index in [1.54, 1.807) is 24.3 Å². The SMILES string of the molecule is CCN(c1cccc(C)c1)S(=O)(=O)c1ccc(C)cc1N. The van der Waals surface area contributed by atoms with E-state index in [1.807, 2.05) is 39.0 Å². The van der Waals surface area contributed by atoms with Gasteiger partial charge >= 0.3 is 0 Å². The minimum Gasteiger partial charge on any atom is -0.398 e. The second kappa shape index (κ2) is 5.77. The molecule has 0 saturated carbocycles. The third-order valence-electron chi connectivity index (χ3n) is 3.31. The van der Waals surface area contributed by atoms with Crippen molar-refractivity contribution in [2.75, 3.05) is 16.6 Å². The van der Waals surface area contributed by atoms with Crippen molar-refractivity contribution in [2.45, 2.75) is 25.7 Å². The Hall–Kier alpha value is -2.01. The van der Waals surface area contributed by atoms with Crippen LogP contribution in [-0.2, 0) is 10.0 Å². The highest BCUT2D eigenvalue weighted by Crippen LogP contribution is 2.28. The Morgan fingerprint density at radius 2 is 1.71 bits per heavy atom. The Balaban J connectivity index is 2.54. The fourth-order valence-electron chi connectivity index (χ4n) is 2.30. The first-order valence-corrected chi connectivity index (χ1v) is 8.26. The van der Waals surface area contributed by atoms with E-state index in [1.165, 1.54) is 4.31 Å². The van der Waals surface area contributed by atoms with E-state index in [0.717, 1.165) is 11.1 Å². The second-order valence-corrected chi connectivity index (χ2v) is 6.88. The predicted molar refractivity (Wildman–Crippen MR) is 87.0 cm³/mol. The maximum absolute atomic E-state index is 12.9. The summed E-state index contributed by atoms with van der Waals surface area (Å²) in [6.45, 7) is 5.97. The molecule has 0 spiro atoms. The van der Waals surface area contributed by atoms with Gasteiger partial charge in [-0.05, 0) is 56.2 Å². The number of benzene rings is 2. The van der Waals surface area contributed by atoms with E-state index in [-0.39, 0.29) is 10.6 Å². The normalized spacial score (nSPS) is 11.4. The summed E-state index contributed by atoms with van der Waals surface area (Å²) < 4.78 is 27.1. The van der Waals surface area contributed by atoms with Crippen LogP contribution < -0.4 is 10.0 Å². The number of rotatable bonds is 4. The van der Waals surface area contributed by atoms with Gasteiger partial charge in [-0.15, -0.1) is 0 Å². The lowest BCUT2D eigenvalue weighted by Gasteiger charge is -2.24. The lowest BCUT2D eigenvalue weighted by molar-refractivity contribution is 0.592. The van der Waals surface area contributed by atoms with Crippen molar-refractivity contribution in [2.24, 2.45) is 0 Å². The molecule has 21 heavy (non-hydrogen) atoms. The topological polar surface area (TPSA) is 63.4 Å². The third-order valence-corrected chi connectivity index (χ3v) is 5.29. The zero-order valence-electron chi connectivity index (χ0n) is 12.5. The van der Waals surface area contributed by atoms with Gasteiger partial charge in [-0.1, -0.05) is 18.2 Å². The van der Waals surface area contributed by atoms with E-state index in [4.69, 9.17) is 5.73 Å². The molecular weight excluding hydrogens is 284 g/mol. The molecule has 0 bridgehead atoms. The molecule has 0 aromatic heterocycles. The average molecular weight is 304 g/mol. The molecule has 2 rings (SSSR count). The highest BCUT2D eigenvalue weighted by Gasteiger charge is 2.25. The molecule has 0 aliphatic carbocycles. The van der Waals surface area contributed by atoms with Gasteiger partial charge < -0.3 is 5.73 Å². The largest absolute Gasteiger partial charge is 0.398 e. The highest BCUT2D eigenvalue weighted by atomic mass is 32.2. The molecule has 0 aliphatic heterocycles. The number of hydrogen-bond acceptors (Lipinski definition) is 3. The van der Waals surface area contributed by atoms with Crippen LogP contribution in [0.2, 0.25) is 0 Å². The van der Waals surface area contributed by atoms with Crippen molar-refractivity contribution >= 4 is 21.4 Å². The van der Waals surface area contributed by atoms with Gasteiger partial charge in [0, 0.05) is 6.54 Å². The molecule has 0 heterocycles. The van der Waals surface area contributed by atoms with Crippen molar-refractivity contribution in [1.29, 1.82) is 0 Å². The lowest BCUT2D eigenvalue weighted by atomic mass is 10.2. The van der Waals surface area contributed by atoms with Crippen LogP contribution in [0.25, 0.3) is 0 Å². The zero-order chi connectivity index (χ0) is 15.6. The van der Waals surface area contributed by atoms with Crippen molar-refractivity contribution in [1.82, 2.24) is 0 Å². The number of sulfonamides is 1. The maximum atomic E-state index is 12.9. The Labute approximate surface area is 126 Å². The van der Waals surface area contributed by atoms with Crippen LogP contribution in [0.3, 0.4) is 0 Å². The molecule has 0 fully saturated rings. The number of hydrogen-bond donors (Lipinski definition) is 1. The quantitative estimate of drug-likeness (QED) is 0.883. The lowest BCUT2D eigenvalue weighted by Crippen LogP contribution is -2.31. The molecule has 0 atom stereocenters. The molecule has 2 aromatic carbocycles. The summed E-state index contributed by atoms with van der Waals surface area (Å²) in [4.78, 5) is 0.149. The van der Waals surface area contributed by atoms with Crippen molar-refractivity contribution in [3.05, 3.63) is 53.6 Å². The van der Waals surface area contributed by atoms with Crippen LogP contribution >= 0.6 is 0 Å². The van der Waals surface area contributed by atoms with Crippen LogP contribution in [0.5, 0.6) is 0 Å². The van der Waals surface area contributed by atoms with Crippen LogP contribution in [0.1, 0.15) is 18.1 Å². The summed E-state index contributed by atoms with van der Waals surface area (Å²) >= 11 is 0. The average Bonchev–Trinajstić information content (AvgIpc) is 2.38. The summed E-state index contributed by atoms with van der Waals surface area (Å²) in [5.41, 5.74) is 8.78. The van der Waals surface area contributed by atoms with Crippen LogP contribution in [0.15, 0.2) is 47.4 Å². The molecule has 0 radical (unpaired) electrons. The van der Waals surface area contributed by atoms with Gasteiger partial charge in [0.15, 0.2) is 0 Å². The number of nitrogens with zero attached hydrogens (tertiary/aromatic N) is 1. The molecule has 0 amide bonds. The predicted octanol–water partition coefficient (Wildman–Crippen LogP) is 3.10. The number of nitrogen functional groups attached to an aromatic ring is 1. The maximum Gasteiger partial charge on any atom is 0.266 e. The molecule has 0 aliphatic rings.